The van der Waals surface area contributed by atoms with E-state index in [-0.39, 0.29) is 0 Å². The lowest BCUT2D eigenvalue weighted by Crippen LogP contribution is -2.27. The van der Waals surface area contributed by atoms with Crippen LogP contribution in [-0.2, 0) is 6.54 Å². The monoisotopic (exact) mass is 239 g/mol. The van der Waals surface area contributed by atoms with E-state index in [2.05, 4.69) is 5.32 Å². The fourth-order valence-corrected chi connectivity index (χ4v) is 2.19. The van der Waals surface area contributed by atoms with E-state index in [0.717, 1.165) is 35.3 Å². The average Bonchev–Trinajstić information content (AvgIpc) is 2.22. The first-order valence-electron chi connectivity index (χ1n) is 5.82. The molecule has 0 heterocycles. The number of methoxy groups -OCH3 is 1. The third kappa shape index (κ3) is 2.89. The number of benzene rings is 1. The summed E-state index contributed by atoms with van der Waals surface area (Å²) < 4.78 is 5.30. The molecule has 0 aliphatic heterocycles. The van der Waals surface area contributed by atoms with Gasteiger partial charge in [0.1, 0.15) is 5.75 Å². The minimum absolute atomic E-state index is 0.765. The molecule has 0 amide bonds. The van der Waals surface area contributed by atoms with Gasteiger partial charge in [0.05, 0.1) is 7.11 Å². The highest BCUT2D eigenvalue weighted by Crippen LogP contribution is 2.26. The fraction of sp³-hybridized carbons (Fsp3) is 0.538. The van der Waals surface area contributed by atoms with Crippen LogP contribution < -0.4 is 10.1 Å². The van der Waals surface area contributed by atoms with Gasteiger partial charge in [-0.25, -0.2) is 0 Å². The molecule has 2 nitrogen and oxygen atoms in total. The summed E-state index contributed by atoms with van der Waals surface area (Å²) in [4.78, 5) is 0. The SMILES string of the molecule is COc1ccc(Cl)cc1CNCC1CCC1. The third-order valence-electron chi connectivity index (χ3n) is 3.22. The van der Waals surface area contributed by atoms with Crippen molar-refractivity contribution in [3.8, 4) is 5.75 Å². The Hall–Kier alpha value is -0.730. The van der Waals surface area contributed by atoms with Crippen molar-refractivity contribution in [3.05, 3.63) is 28.8 Å². The van der Waals surface area contributed by atoms with Gasteiger partial charge in [0.15, 0.2) is 0 Å². The summed E-state index contributed by atoms with van der Waals surface area (Å²) in [5, 5.41) is 4.23. The zero-order valence-corrected chi connectivity index (χ0v) is 10.4. The largest absolute Gasteiger partial charge is 0.496 e. The lowest BCUT2D eigenvalue weighted by molar-refractivity contribution is 0.300. The Morgan fingerprint density at radius 1 is 1.44 bits per heavy atom. The number of nitrogens with one attached hydrogen (secondary N) is 1. The van der Waals surface area contributed by atoms with Gasteiger partial charge in [-0.15, -0.1) is 0 Å². The summed E-state index contributed by atoms with van der Waals surface area (Å²) in [5.41, 5.74) is 1.13. The van der Waals surface area contributed by atoms with Crippen LogP contribution >= 0.6 is 11.6 Å². The molecule has 0 spiro atoms. The zero-order chi connectivity index (χ0) is 11.4. The number of ether oxygens (including phenoxy) is 1. The molecule has 0 bridgehead atoms. The molecular formula is C13H18ClNO. The highest BCUT2D eigenvalue weighted by Gasteiger charge is 2.16. The van der Waals surface area contributed by atoms with Crippen molar-refractivity contribution in [2.24, 2.45) is 5.92 Å². The van der Waals surface area contributed by atoms with Crippen LogP contribution in [0.25, 0.3) is 0 Å². The molecule has 2 rings (SSSR count). The highest BCUT2D eigenvalue weighted by molar-refractivity contribution is 6.30. The molecule has 88 valence electrons. The molecule has 1 aromatic rings. The van der Waals surface area contributed by atoms with Crippen molar-refractivity contribution in [3.63, 3.8) is 0 Å². The van der Waals surface area contributed by atoms with Crippen molar-refractivity contribution < 1.29 is 4.74 Å². The molecule has 1 saturated carbocycles. The van der Waals surface area contributed by atoms with Gasteiger partial charge in [-0.3, -0.25) is 0 Å². The molecule has 0 atom stereocenters. The first kappa shape index (κ1) is 11.7. The van der Waals surface area contributed by atoms with Crippen LogP contribution in [0, 0.1) is 5.92 Å². The summed E-state index contributed by atoms with van der Waals surface area (Å²) in [6.07, 6.45) is 4.15. The topological polar surface area (TPSA) is 21.3 Å². The number of hydrogen-bond acceptors (Lipinski definition) is 2. The minimum atomic E-state index is 0.765. The Labute approximate surface area is 102 Å². The van der Waals surface area contributed by atoms with Gasteiger partial charge in [-0.2, -0.15) is 0 Å². The van der Waals surface area contributed by atoms with E-state index in [1.807, 2.05) is 18.2 Å². The predicted molar refractivity (Wildman–Crippen MR) is 67.1 cm³/mol. The maximum atomic E-state index is 5.97. The van der Waals surface area contributed by atoms with Crippen LogP contribution in [0.2, 0.25) is 5.02 Å². The minimum Gasteiger partial charge on any atom is -0.496 e. The molecule has 0 radical (unpaired) electrons. The van der Waals surface area contributed by atoms with Gasteiger partial charge < -0.3 is 10.1 Å². The molecule has 16 heavy (non-hydrogen) atoms. The summed E-state index contributed by atoms with van der Waals surface area (Å²) in [7, 11) is 1.69. The van der Waals surface area contributed by atoms with Crippen molar-refractivity contribution >= 4 is 11.6 Å². The van der Waals surface area contributed by atoms with Crippen LogP contribution in [0.4, 0.5) is 0 Å². The summed E-state index contributed by atoms with van der Waals surface area (Å²) in [5.74, 6) is 1.79. The quantitative estimate of drug-likeness (QED) is 0.852. The molecule has 0 unspecified atom stereocenters. The lowest BCUT2D eigenvalue weighted by atomic mass is 9.85. The molecule has 1 aliphatic rings. The van der Waals surface area contributed by atoms with Crippen molar-refractivity contribution in [2.75, 3.05) is 13.7 Å². The molecule has 1 aliphatic carbocycles. The maximum absolute atomic E-state index is 5.97. The Balaban J connectivity index is 1.88. The van der Waals surface area contributed by atoms with E-state index in [9.17, 15) is 0 Å². The summed E-state index contributed by atoms with van der Waals surface area (Å²) >= 11 is 5.97. The smallest absolute Gasteiger partial charge is 0.123 e. The van der Waals surface area contributed by atoms with E-state index in [1.54, 1.807) is 7.11 Å². The summed E-state index contributed by atoms with van der Waals surface area (Å²) in [6.45, 7) is 1.94. The second-order valence-corrected chi connectivity index (χ2v) is 4.82. The van der Waals surface area contributed by atoms with Crippen LogP contribution in [0.5, 0.6) is 5.75 Å². The zero-order valence-electron chi connectivity index (χ0n) is 9.63. The molecule has 0 aromatic heterocycles. The molecule has 3 heteroatoms. The Kier molecular flexibility index (Phi) is 4.08. The lowest BCUT2D eigenvalue weighted by Gasteiger charge is -2.25. The van der Waals surface area contributed by atoms with Gasteiger partial charge >= 0.3 is 0 Å². The van der Waals surface area contributed by atoms with Gasteiger partial charge in [-0.05, 0) is 43.5 Å². The first-order valence-corrected chi connectivity index (χ1v) is 6.20. The highest BCUT2D eigenvalue weighted by atomic mass is 35.5. The van der Waals surface area contributed by atoms with Crippen LogP contribution in [0.15, 0.2) is 18.2 Å². The number of halogens is 1. The van der Waals surface area contributed by atoms with Gasteiger partial charge in [0.2, 0.25) is 0 Å². The third-order valence-corrected chi connectivity index (χ3v) is 3.45. The van der Waals surface area contributed by atoms with E-state index in [1.165, 1.54) is 19.3 Å². The predicted octanol–water partition coefficient (Wildman–Crippen LogP) is 3.24. The van der Waals surface area contributed by atoms with Crippen LogP contribution in [0.1, 0.15) is 24.8 Å². The molecule has 1 fully saturated rings. The van der Waals surface area contributed by atoms with E-state index in [0.29, 0.717) is 0 Å². The molecular weight excluding hydrogens is 222 g/mol. The van der Waals surface area contributed by atoms with Gasteiger partial charge in [0.25, 0.3) is 0 Å². The normalized spacial score (nSPS) is 15.9. The van der Waals surface area contributed by atoms with E-state index >= 15 is 0 Å². The Morgan fingerprint density at radius 3 is 2.88 bits per heavy atom. The molecule has 0 saturated heterocycles. The fourth-order valence-electron chi connectivity index (χ4n) is 1.99. The second-order valence-electron chi connectivity index (χ2n) is 4.38. The Bertz CT molecular complexity index is 350. The van der Waals surface area contributed by atoms with E-state index in [4.69, 9.17) is 16.3 Å². The van der Waals surface area contributed by atoms with Gasteiger partial charge in [-0.1, -0.05) is 18.0 Å². The molecule has 1 N–H and O–H groups in total. The van der Waals surface area contributed by atoms with Crippen LogP contribution in [-0.4, -0.2) is 13.7 Å². The standard InChI is InChI=1S/C13H18ClNO/c1-16-13-6-5-12(14)7-11(13)9-15-8-10-3-2-4-10/h5-7,10,15H,2-4,8-9H2,1H3. The molecule has 1 aromatic carbocycles. The number of rotatable bonds is 5. The second kappa shape index (κ2) is 5.55. The summed E-state index contributed by atoms with van der Waals surface area (Å²) in [6, 6.07) is 5.74. The van der Waals surface area contributed by atoms with E-state index < -0.39 is 0 Å². The van der Waals surface area contributed by atoms with Crippen LogP contribution in [0.3, 0.4) is 0 Å². The number of hydrogen-bond donors (Lipinski definition) is 1. The van der Waals surface area contributed by atoms with Gasteiger partial charge in [0, 0.05) is 17.1 Å². The van der Waals surface area contributed by atoms with Crippen molar-refractivity contribution in [1.29, 1.82) is 0 Å². The Morgan fingerprint density at radius 2 is 2.25 bits per heavy atom. The first-order chi connectivity index (χ1) is 7.79. The van der Waals surface area contributed by atoms with Crippen molar-refractivity contribution in [1.82, 2.24) is 5.32 Å². The van der Waals surface area contributed by atoms with Crippen molar-refractivity contribution in [2.45, 2.75) is 25.8 Å². The maximum Gasteiger partial charge on any atom is 0.123 e. The average molecular weight is 240 g/mol.